The number of rotatable bonds is 7. The summed E-state index contributed by atoms with van der Waals surface area (Å²) in [5, 5.41) is 3.43. The van der Waals surface area contributed by atoms with Crippen molar-refractivity contribution in [1.29, 1.82) is 0 Å². The third-order valence-corrected chi connectivity index (χ3v) is 3.17. The van der Waals surface area contributed by atoms with E-state index in [1.165, 1.54) is 18.9 Å². The van der Waals surface area contributed by atoms with Crippen LogP contribution >= 0.6 is 0 Å². The summed E-state index contributed by atoms with van der Waals surface area (Å²) < 4.78 is 19.0. The largest absolute Gasteiger partial charge is 0.375 e. The molecule has 1 aliphatic carbocycles. The lowest BCUT2D eigenvalue weighted by molar-refractivity contribution is 0.0915. The summed E-state index contributed by atoms with van der Waals surface area (Å²) in [6.07, 6.45) is 2.58. The molecule has 3 heteroatoms. The van der Waals surface area contributed by atoms with Crippen LogP contribution in [-0.4, -0.2) is 19.2 Å². The highest BCUT2D eigenvalue weighted by molar-refractivity contribution is 5.16. The Balaban J connectivity index is 1.76. The summed E-state index contributed by atoms with van der Waals surface area (Å²) in [5.74, 6) is 0.578. The smallest absolute Gasteiger partial charge is 0.128 e. The third-order valence-electron chi connectivity index (χ3n) is 3.17. The Morgan fingerprint density at radius 2 is 2.18 bits per heavy atom. The molecule has 2 rings (SSSR count). The molecule has 0 bridgehead atoms. The SMILES string of the molecule is CCNC(COCc1ccccc1F)C1CC1. The van der Waals surface area contributed by atoms with Crippen LogP contribution in [0, 0.1) is 11.7 Å². The summed E-state index contributed by atoms with van der Waals surface area (Å²) in [6.45, 7) is 4.10. The van der Waals surface area contributed by atoms with Crippen molar-refractivity contribution in [3.05, 3.63) is 35.6 Å². The Bertz CT molecular complexity index is 352. The van der Waals surface area contributed by atoms with E-state index in [9.17, 15) is 4.39 Å². The van der Waals surface area contributed by atoms with Crippen molar-refractivity contribution in [3.8, 4) is 0 Å². The van der Waals surface area contributed by atoms with Gasteiger partial charge in [0.2, 0.25) is 0 Å². The zero-order valence-electron chi connectivity index (χ0n) is 10.3. The monoisotopic (exact) mass is 237 g/mol. The zero-order valence-corrected chi connectivity index (χ0v) is 10.3. The third kappa shape index (κ3) is 3.79. The van der Waals surface area contributed by atoms with E-state index in [4.69, 9.17) is 4.74 Å². The van der Waals surface area contributed by atoms with Crippen LogP contribution in [0.15, 0.2) is 24.3 Å². The first-order valence-electron chi connectivity index (χ1n) is 6.35. The Kier molecular flexibility index (Phi) is 4.51. The molecule has 94 valence electrons. The minimum absolute atomic E-state index is 0.182. The Morgan fingerprint density at radius 3 is 2.82 bits per heavy atom. The predicted octanol–water partition coefficient (Wildman–Crippen LogP) is 2.73. The molecule has 1 aliphatic rings. The van der Waals surface area contributed by atoms with Crippen LogP contribution in [0.2, 0.25) is 0 Å². The number of ether oxygens (including phenoxy) is 1. The van der Waals surface area contributed by atoms with Gasteiger partial charge in [0, 0.05) is 11.6 Å². The fourth-order valence-electron chi connectivity index (χ4n) is 2.03. The van der Waals surface area contributed by atoms with Crippen molar-refractivity contribution in [2.75, 3.05) is 13.2 Å². The lowest BCUT2D eigenvalue weighted by Crippen LogP contribution is -2.35. The lowest BCUT2D eigenvalue weighted by atomic mass is 10.2. The Morgan fingerprint density at radius 1 is 1.41 bits per heavy atom. The molecule has 0 amide bonds. The molecule has 0 spiro atoms. The molecular formula is C14H20FNO. The van der Waals surface area contributed by atoms with Crippen LogP contribution in [-0.2, 0) is 11.3 Å². The first-order chi connectivity index (χ1) is 8.31. The highest BCUT2D eigenvalue weighted by atomic mass is 19.1. The first-order valence-corrected chi connectivity index (χ1v) is 6.35. The van der Waals surface area contributed by atoms with Gasteiger partial charge < -0.3 is 10.1 Å². The predicted molar refractivity (Wildman–Crippen MR) is 66.2 cm³/mol. The van der Waals surface area contributed by atoms with Crippen LogP contribution < -0.4 is 5.32 Å². The van der Waals surface area contributed by atoms with E-state index in [0.717, 1.165) is 12.5 Å². The Labute approximate surface area is 102 Å². The second kappa shape index (κ2) is 6.12. The maximum absolute atomic E-state index is 13.3. The van der Waals surface area contributed by atoms with Gasteiger partial charge in [-0.15, -0.1) is 0 Å². The number of nitrogens with one attached hydrogen (secondary N) is 1. The van der Waals surface area contributed by atoms with Gasteiger partial charge in [-0.05, 0) is 31.4 Å². The quantitative estimate of drug-likeness (QED) is 0.787. The standard InChI is InChI=1S/C14H20FNO/c1-2-16-14(11-7-8-11)10-17-9-12-5-3-4-6-13(12)15/h3-6,11,14,16H,2,7-10H2,1H3. The first kappa shape index (κ1) is 12.5. The molecule has 0 heterocycles. The van der Waals surface area contributed by atoms with Crippen molar-refractivity contribution in [3.63, 3.8) is 0 Å². The maximum Gasteiger partial charge on any atom is 0.128 e. The van der Waals surface area contributed by atoms with Crippen LogP contribution in [0.3, 0.4) is 0 Å². The summed E-state index contributed by atoms with van der Waals surface area (Å²) >= 11 is 0. The molecule has 1 atom stereocenters. The highest BCUT2D eigenvalue weighted by Gasteiger charge is 2.30. The number of hydrogen-bond donors (Lipinski definition) is 1. The van der Waals surface area contributed by atoms with Gasteiger partial charge in [-0.1, -0.05) is 25.1 Å². The molecule has 1 N–H and O–H groups in total. The molecule has 0 saturated heterocycles. The molecule has 1 saturated carbocycles. The maximum atomic E-state index is 13.3. The molecular weight excluding hydrogens is 217 g/mol. The molecule has 0 radical (unpaired) electrons. The molecule has 1 unspecified atom stereocenters. The van der Waals surface area contributed by atoms with Crippen LogP contribution in [0.4, 0.5) is 4.39 Å². The van der Waals surface area contributed by atoms with E-state index in [1.54, 1.807) is 12.1 Å². The number of likely N-dealkylation sites (N-methyl/N-ethyl adjacent to an activating group) is 1. The highest BCUT2D eigenvalue weighted by Crippen LogP contribution is 2.32. The van der Waals surface area contributed by atoms with E-state index in [1.807, 2.05) is 6.07 Å². The van der Waals surface area contributed by atoms with Crippen LogP contribution in [0.25, 0.3) is 0 Å². The average Bonchev–Trinajstić information content (AvgIpc) is 3.14. The average molecular weight is 237 g/mol. The lowest BCUT2D eigenvalue weighted by Gasteiger charge is -2.17. The summed E-state index contributed by atoms with van der Waals surface area (Å²) in [7, 11) is 0. The number of benzene rings is 1. The number of hydrogen-bond acceptors (Lipinski definition) is 2. The van der Waals surface area contributed by atoms with Crippen molar-refractivity contribution in [2.24, 2.45) is 5.92 Å². The van der Waals surface area contributed by atoms with Crippen molar-refractivity contribution in [2.45, 2.75) is 32.4 Å². The minimum Gasteiger partial charge on any atom is -0.375 e. The molecule has 2 nitrogen and oxygen atoms in total. The normalized spacial score (nSPS) is 17.1. The summed E-state index contributed by atoms with van der Waals surface area (Å²) in [5.41, 5.74) is 0.638. The fraction of sp³-hybridized carbons (Fsp3) is 0.571. The van der Waals surface area contributed by atoms with Crippen LogP contribution in [0.1, 0.15) is 25.3 Å². The number of halogens is 1. The molecule has 1 fully saturated rings. The minimum atomic E-state index is -0.182. The molecule has 17 heavy (non-hydrogen) atoms. The zero-order chi connectivity index (χ0) is 12.1. The van der Waals surface area contributed by atoms with Gasteiger partial charge in [0.15, 0.2) is 0 Å². The van der Waals surface area contributed by atoms with Gasteiger partial charge in [0.1, 0.15) is 5.82 Å². The van der Waals surface area contributed by atoms with E-state index in [-0.39, 0.29) is 5.82 Å². The summed E-state index contributed by atoms with van der Waals surface area (Å²) in [4.78, 5) is 0. The van der Waals surface area contributed by atoms with Gasteiger partial charge in [0.25, 0.3) is 0 Å². The van der Waals surface area contributed by atoms with Gasteiger partial charge in [0.05, 0.1) is 13.2 Å². The van der Waals surface area contributed by atoms with Crippen molar-refractivity contribution < 1.29 is 9.13 Å². The van der Waals surface area contributed by atoms with E-state index >= 15 is 0 Å². The van der Waals surface area contributed by atoms with Crippen molar-refractivity contribution in [1.82, 2.24) is 5.32 Å². The van der Waals surface area contributed by atoms with E-state index in [0.29, 0.717) is 24.8 Å². The molecule has 1 aromatic rings. The second-order valence-corrected chi connectivity index (χ2v) is 4.61. The van der Waals surface area contributed by atoms with Crippen molar-refractivity contribution >= 4 is 0 Å². The van der Waals surface area contributed by atoms with Gasteiger partial charge in [-0.3, -0.25) is 0 Å². The Hall–Kier alpha value is -0.930. The fourth-order valence-corrected chi connectivity index (χ4v) is 2.03. The van der Waals surface area contributed by atoms with E-state index < -0.39 is 0 Å². The molecule has 0 aliphatic heterocycles. The van der Waals surface area contributed by atoms with E-state index in [2.05, 4.69) is 12.2 Å². The molecule has 1 aromatic carbocycles. The second-order valence-electron chi connectivity index (χ2n) is 4.61. The molecule has 0 aromatic heterocycles. The van der Waals surface area contributed by atoms with Gasteiger partial charge in [-0.25, -0.2) is 4.39 Å². The summed E-state index contributed by atoms with van der Waals surface area (Å²) in [6, 6.07) is 7.22. The van der Waals surface area contributed by atoms with Gasteiger partial charge >= 0.3 is 0 Å². The van der Waals surface area contributed by atoms with Gasteiger partial charge in [-0.2, -0.15) is 0 Å². The topological polar surface area (TPSA) is 21.3 Å². The van der Waals surface area contributed by atoms with Crippen LogP contribution in [0.5, 0.6) is 0 Å².